The molecule has 0 atom stereocenters. The monoisotopic (exact) mass is 218 g/mol. The number of likely N-dealkylation sites (N-methyl/N-ethyl adjacent to an activating group) is 1. The van der Waals surface area contributed by atoms with Crippen LogP contribution in [0.5, 0.6) is 0 Å². The summed E-state index contributed by atoms with van der Waals surface area (Å²) in [6.45, 7) is 13.7. The van der Waals surface area contributed by atoms with E-state index in [1.54, 1.807) is 18.0 Å². The third kappa shape index (κ3) is 14.1. The van der Waals surface area contributed by atoms with E-state index >= 15 is 0 Å². The Hall–Kier alpha value is -0.440. The fraction of sp³-hybridized carbons (Fsp3) is 0.727. The highest BCUT2D eigenvalue weighted by molar-refractivity contribution is 7.98. The Labute approximate surface area is 94.6 Å². The second-order valence-corrected chi connectivity index (χ2v) is 2.98. The number of hydrogen-bond donors (Lipinski definition) is 0. The van der Waals surface area contributed by atoms with Gasteiger partial charge in [-0.2, -0.15) is 4.40 Å². The van der Waals surface area contributed by atoms with Crippen molar-refractivity contribution in [1.29, 1.82) is 0 Å². The van der Waals surface area contributed by atoms with Crippen molar-refractivity contribution in [2.45, 2.75) is 34.6 Å². The second-order valence-electron chi connectivity index (χ2n) is 1.97. The van der Waals surface area contributed by atoms with Crippen molar-refractivity contribution in [2.24, 2.45) is 4.40 Å². The van der Waals surface area contributed by atoms with Crippen molar-refractivity contribution in [3.8, 4) is 0 Å². The van der Waals surface area contributed by atoms with Crippen LogP contribution >= 0.6 is 11.9 Å². The smallest absolute Gasteiger partial charge is 0.135 e. The van der Waals surface area contributed by atoms with Gasteiger partial charge < -0.3 is 4.90 Å². The predicted molar refractivity (Wildman–Crippen MR) is 72.1 cm³/mol. The van der Waals surface area contributed by atoms with Gasteiger partial charge in [0.2, 0.25) is 0 Å². The fourth-order valence-electron chi connectivity index (χ4n) is 0.432. The molecular formula is C11H26N2S. The molecule has 86 valence electrons. The SMILES string of the molecule is C=C/C(=N\SCC)N(C)C.CC.CC. The Morgan fingerprint density at radius 1 is 1.29 bits per heavy atom. The van der Waals surface area contributed by atoms with Gasteiger partial charge >= 0.3 is 0 Å². The molecule has 0 saturated heterocycles. The first-order valence-corrected chi connectivity index (χ1v) is 6.16. The van der Waals surface area contributed by atoms with Gasteiger partial charge in [0, 0.05) is 19.8 Å². The lowest BCUT2D eigenvalue weighted by atomic mass is 10.5. The zero-order chi connectivity index (χ0) is 12.0. The molecule has 0 saturated carbocycles. The Bertz CT molecular complexity index is 131. The largest absolute Gasteiger partial charge is 0.362 e. The van der Waals surface area contributed by atoms with Crippen LogP contribution in [-0.2, 0) is 0 Å². The van der Waals surface area contributed by atoms with Crippen LogP contribution in [0.3, 0.4) is 0 Å². The first kappa shape index (κ1) is 19.2. The Morgan fingerprint density at radius 2 is 1.71 bits per heavy atom. The molecular weight excluding hydrogens is 192 g/mol. The molecule has 0 fully saturated rings. The Morgan fingerprint density at radius 3 is 1.93 bits per heavy atom. The van der Waals surface area contributed by atoms with Gasteiger partial charge in [-0.25, -0.2) is 0 Å². The molecule has 0 amide bonds. The van der Waals surface area contributed by atoms with E-state index in [4.69, 9.17) is 0 Å². The predicted octanol–water partition coefficient (Wildman–Crippen LogP) is 3.85. The van der Waals surface area contributed by atoms with E-state index < -0.39 is 0 Å². The maximum Gasteiger partial charge on any atom is 0.135 e. The standard InChI is InChI=1S/C7H14N2S.2C2H6/c1-5-7(9(3)4)8-10-6-2;2*1-2/h5H,1,6H2,2-4H3;2*1-2H3/b8-7+;;. The van der Waals surface area contributed by atoms with Crippen LogP contribution in [0.2, 0.25) is 0 Å². The zero-order valence-electron chi connectivity index (χ0n) is 10.8. The van der Waals surface area contributed by atoms with Gasteiger partial charge in [-0.1, -0.05) is 41.2 Å². The Balaban J connectivity index is -0.000000266. The molecule has 2 nitrogen and oxygen atoms in total. The molecule has 0 heterocycles. The molecule has 0 bridgehead atoms. The minimum absolute atomic E-state index is 0.923. The lowest BCUT2D eigenvalue weighted by Gasteiger charge is -2.10. The van der Waals surface area contributed by atoms with Crippen LogP contribution in [-0.4, -0.2) is 30.6 Å². The zero-order valence-corrected chi connectivity index (χ0v) is 11.6. The van der Waals surface area contributed by atoms with Crippen LogP contribution < -0.4 is 0 Å². The summed E-state index contributed by atoms with van der Waals surface area (Å²) < 4.78 is 4.20. The first-order valence-electron chi connectivity index (χ1n) is 5.22. The topological polar surface area (TPSA) is 15.6 Å². The second kappa shape index (κ2) is 18.4. The van der Waals surface area contributed by atoms with E-state index in [2.05, 4.69) is 17.9 Å². The summed E-state index contributed by atoms with van der Waals surface area (Å²) in [6, 6.07) is 0. The van der Waals surface area contributed by atoms with Crippen molar-refractivity contribution in [2.75, 3.05) is 19.8 Å². The third-order valence-electron chi connectivity index (χ3n) is 0.928. The summed E-state index contributed by atoms with van der Waals surface area (Å²) in [5.41, 5.74) is 0. The van der Waals surface area contributed by atoms with Gasteiger partial charge in [0.1, 0.15) is 5.84 Å². The molecule has 0 spiro atoms. The molecule has 0 aliphatic rings. The molecule has 0 unspecified atom stereocenters. The van der Waals surface area contributed by atoms with Crippen molar-refractivity contribution < 1.29 is 0 Å². The maximum absolute atomic E-state index is 4.20. The van der Waals surface area contributed by atoms with E-state index in [9.17, 15) is 0 Å². The lowest BCUT2D eigenvalue weighted by molar-refractivity contribution is 0.629. The summed E-state index contributed by atoms with van der Waals surface area (Å²) >= 11 is 1.54. The van der Waals surface area contributed by atoms with Gasteiger partial charge in [-0.15, -0.1) is 0 Å². The van der Waals surface area contributed by atoms with Gasteiger partial charge in [0.25, 0.3) is 0 Å². The van der Waals surface area contributed by atoms with Crippen molar-refractivity contribution in [1.82, 2.24) is 4.90 Å². The molecule has 0 aliphatic carbocycles. The number of rotatable bonds is 3. The van der Waals surface area contributed by atoms with Gasteiger partial charge in [-0.3, -0.25) is 0 Å². The quantitative estimate of drug-likeness (QED) is 0.406. The molecule has 0 radical (unpaired) electrons. The number of nitrogens with zero attached hydrogens (tertiary/aromatic N) is 2. The lowest BCUT2D eigenvalue weighted by Crippen LogP contribution is -2.18. The fourth-order valence-corrected chi connectivity index (χ4v) is 0.931. The molecule has 0 aliphatic heterocycles. The molecule has 14 heavy (non-hydrogen) atoms. The van der Waals surface area contributed by atoms with E-state index in [1.165, 1.54) is 0 Å². The summed E-state index contributed by atoms with van der Waals surface area (Å²) in [7, 11) is 3.91. The minimum Gasteiger partial charge on any atom is -0.362 e. The molecule has 0 rings (SSSR count). The van der Waals surface area contributed by atoms with E-state index in [0.717, 1.165) is 11.6 Å². The first-order chi connectivity index (χ1) is 6.72. The van der Waals surface area contributed by atoms with Crippen molar-refractivity contribution in [3.05, 3.63) is 12.7 Å². The highest BCUT2D eigenvalue weighted by Gasteiger charge is 1.92. The average molecular weight is 218 g/mol. The molecule has 0 aromatic heterocycles. The van der Waals surface area contributed by atoms with Crippen LogP contribution in [0.15, 0.2) is 17.1 Å². The van der Waals surface area contributed by atoms with Gasteiger partial charge in [0.15, 0.2) is 0 Å². The molecule has 0 aromatic carbocycles. The Kier molecular flexibility index (Phi) is 25.2. The summed E-state index contributed by atoms with van der Waals surface area (Å²) in [4.78, 5) is 1.94. The highest BCUT2D eigenvalue weighted by Crippen LogP contribution is 2.02. The minimum atomic E-state index is 0.923. The van der Waals surface area contributed by atoms with E-state index in [1.807, 2.05) is 46.7 Å². The van der Waals surface area contributed by atoms with Crippen molar-refractivity contribution in [3.63, 3.8) is 0 Å². The summed E-state index contributed by atoms with van der Waals surface area (Å²) in [6.07, 6.45) is 1.75. The maximum atomic E-state index is 4.20. The van der Waals surface area contributed by atoms with Crippen LogP contribution in [0.25, 0.3) is 0 Å². The summed E-state index contributed by atoms with van der Waals surface area (Å²) in [5, 5.41) is 0. The normalized spacial score (nSPS) is 8.93. The van der Waals surface area contributed by atoms with Crippen molar-refractivity contribution >= 4 is 17.8 Å². The van der Waals surface area contributed by atoms with Crippen LogP contribution in [0.1, 0.15) is 34.6 Å². The third-order valence-corrected chi connectivity index (χ3v) is 1.50. The highest BCUT2D eigenvalue weighted by atomic mass is 32.2. The summed E-state index contributed by atoms with van der Waals surface area (Å²) in [5.74, 6) is 1.93. The van der Waals surface area contributed by atoms with E-state index in [-0.39, 0.29) is 0 Å². The molecule has 3 heteroatoms. The van der Waals surface area contributed by atoms with Gasteiger partial charge in [-0.05, 0) is 18.0 Å². The average Bonchev–Trinajstić information content (AvgIpc) is 2.24. The van der Waals surface area contributed by atoms with E-state index in [0.29, 0.717) is 0 Å². The van der Waals surface area contributed by atoms with Crippen LogP contribution in [0, 0.1) is 0 Å². The van der Waals surface area contributed by atoms with Gasteiger partial charge in [0.05, 0.1) is 0 Å². The molecule has 0 aromatic rings. The number of amidine groups is 1. The molecule has 0 N–H and O–H groups in total. The number of hydrogen-bond acceptors (Lipinski definition) is 2. The van der Waals surface area contributed by atoms with Crippen LogP contribution in [0.4, 0.5) is 0 Å².